The van der Waals surface area contributed by atoms with E-state index in [2.05, 4.69) is 60.6 Å². The summed E-state index contributed by atoms with van der Waals surface area (Å²) in [6.07, 6.45) is 2.76. The first-order chi connectivity index (χ1) is 17.1. The molecule has 2 aromatic rings. The van der Waals surface area contributed by atoms with Crippen molar-refractivity contribution in [1.29, 1.82) is 0 Å². The molecule has 0 unspecified atom stereocenters. The van der Waals surface area contributed by atoms with Crippen molar-refractivity contribution in [3.05, 3.63) is 70.3 Å². The molecule has 4 heteroatoms. The molecular weight excluding hydrogens is 448 g/mol. The minimum absolute atomic E-state index is 0.0378. The molecule has 0 amide bonds. The molecular formula is C32H44O4. The van der Waals surface area contributed by atoms with Gasteiger partial charge in [0.15, 0.2) is 0 Å². The molecule has 1 saturated carbocycles. The number of unbranched alkanes of at least 4 members (excludes halogenated alkanes) is 1. The number of carbonyl (C=O) groups is 2. The van der Waals surface area contributed by atoms with Gasteiger partial charge >= 0.3 is 5.97 Å². The number of carbonyl (C=O) groups excluding carboxylic acids is 2. The monoisotopic (exact) mass is 492 g/mol. The molecule has 4 nitrogen and oxygen atoms in total. The lowest BCUT2D eigenvalue weighted by Crippen LogP contribution is -2.44. The molecule has 0 aromatic heterocycles. The number of rotatable bonds is 12. The van der Waals surface area contributed by atoms with E-state index in [4.69, 9.17) is 9.47 Å². The van der Waals surface area contributed by atoms with E-state index in [0.29, 0.717) is 36.3 Å². The van der Waals surface area contributed by atoms with E-state index >= 15 is 0 Å². The van der Waals surface area contributed by atoms with Crippen LogP contribution < -0.4 is 0 Å². The topological polar surface area (TPSA) is 52.6 Å². The summed E-state index contributed by atoms with van der Waals surface area (Å²) in [6, 6.07) is 13.8. The van der Waals surface area contributed by atoms with Crippen LogP contribution in [0.25, 0.3) is 0 Å². The lowest BCUT2D eigenvalue weighted by molar-refractivity contribution is -0.151. The van der Waals surface area contributed by atoms with Crippen LogP contribution >= 0.6 is 0 Å². The highest BCUT2D eigenvalue weighted by Crippen LogP contribution is 2.40. The fraction of sp³-hybridized carbons (Fsp3) is 0.562. The average molecular weight is 493 g/mol. The Morgan fingerprint density at radius 3 is 2.03 bits per heavy atom. The van der Waals surface area contributed by atoms with Gasteiger partial charge in [-0.1, -0.05) is 71.9 Å². The minimum Gasteiger partial charge on any atom is -0.462 e. The Labute approximate surface area is 217 Å². The van der Waals surface area contributed by atoms with Gasteiger partial charge in [0.05, 0.1) is 24.4 Å². The third-order valence-electron chi connectivity index (χ3n) is 7.38. The number of ether oxygens (including phenoxy) is 2. The third kappa shape index (κ3) is 6.85. The predicted octanol–water partition coefficient (Wildman–Crippen LogP) is 8.12. The molecule has 0 radical (unpaired) electrons. The second kappa shape index (κ2) is 12.7. The third-order valence-corrected chi connectivity index (χ3v) is 7.38. The first kappa shape index (κ1) is 28.1. The molecule has 0 bridgehead atoms. The van der Waals surface area contributed by atoms with Crippen molar-refractivity contribution in [2.45, 2.75) is 104 Å². The number of ketones is 1. The summed E-state index contributed by atoms with van der Waals surface area (Å²) in [7, 11) is 0. The number of hydrogen-bond acceptors (Lipinski definition) is 4. The van der Waals surface area contributed by atoms with Crippen LogP contribution in [0.15, 0.2) is 42.5 Å². The lowest BCUT2D eigenvalue weighted by atomic mass is 9.76. The van der Waals surface area contributed by atoms with Crippen LogP contribution in [0.5, 0.6) is 0 Å². The molecule has 2 aromatic carbocycles. The van der Waals surface area contributed by atoms with E-state index in [0.717, 1.165) is 19.3 Å². The highest BCUT2D eigenvalue weighted by atomic mass is 16.5. The molecule has 1 aliphatic rings. The summed E-state index contributed by atoms with van der Waals surface area (Å²) in [5.41, 5.74) is 5.97. The Bertz CT molecular complexity index is 993. The summed E-state index contributed by atoms with van der Waals surface area (Å²) in [5, 5.41) is 0. The van der Waals surface area contributed by atoms with Gasteiger partial charge in [0, 0.05) is 12.3 Å². The quantitative estimate of drug-likeness (QED) is 0.222. The first-order valence-corrected chi connectivity index (χ1v) is 13.7. The Morgan fingerprint density at radius 1 is 0.889 bits per heavy atom. The van der Waals surface area contributed by atoms with Gasteiger partial charge in [-0.05, 0) is 78.3 Å². The second-order valence-electron chi connectivity index (χ2n) is 11.2. The zero-order chi connectivity index (χ0) is 26.4. The summed E-state index contributed by atoms with van der Waals surface area (Å²) in [6.45, 7) is 16.0. The van der Waals surface area contributed by atoms with E-state index in [9.17, 15) is 9.59 Å². The molecule has 0 N–H and O–H groups in total. The van der Waals surface area contributed by atoms with Crippen molar-refractivity contribution < 1.29 is 19.1 Å². The van der Waals surface area contributed by atoms with Gasteiger partial charge in [-0.25, -0.2) is 4.79 Å². The van der Waals surface area contributed by atoms with E-state index < -0.39 is 0 Å². The number of benzene rings is 2. The van der Waals surface area contributed by atoms with E-state index in [1.54, 1.807) is 12.1 Å². The van der Waals surface area contributed by atoms with Crippen LogP contribution in [0.3, 0.4) is 0 Å². The van der Waals surface area contributed by atoms with Crippen molar-refractivity contribution in [2.24, 2.45) is 5.92 Å². The van der Waals surface area contributed by atoms with Crippen LogP contribution in [0.4, 0.5) is 0 Å². The average Bonchev–Trinajstić information content (AvgIpc) is 2.84. The van der Waals surface area contributed by atoms with Gasteiger partial charge in [-0.2, -0.15) is 0 Å². The van der Waals surface area contributed by atoms with Crippen LogP contribution in [0, 0.1) is 5.92 Å². The zero-order valence-electron chi connectivity index (χ0n) is 23.2. The molecule has 3 rings (SSSR count). The van der Waals surface area contributed by atoms with Gasteiger partial charge in [-0.15, -0.1) is 0 Å². The van der Waals surface area contributed by atoms with Gasteiger partial charge in [0.1, 0.15) is 5.78 Å². The first-order valence-electron chi connectivity index (χ1n) is 13.7. The fourth-order valence-corrected chi connectivity index (χ4v) is 5.13. The molecule has 1 fully saturated rings. The number of Topliss-reactive ketones (excluding diaryl/α,β-unsaturated/α-hetero) is 1. The van der Waals surface area contributed by atoms with Gasteiger partial charge < -0.3 is 9.47 Å². The van der Waals surface area contributed by atoms with Crippen LogP contribution in [-0.2, 0) is 14.3 Å². The van der Waals surface area contributed by atoms with Crippen molar-refractivity contribution in [2.75, 3.05) is 6.61 Å². The lowest BCUT2D eigenvalue weighted by Gasteiger charge is -2.38. The standard InChI is InChI=1S/C32H44O4/c1-20(2)25-17-27(21(3)4)31(28(18-25)22(5)6)23(7)36-30-19-29(33)26(30)15-11-12-16-35-32(34)24-13-9-8-10-14-24/h8-10,13-14,17-18,20-23,26,30H,11-12,15-16,19H2,1-7H3/t23-,26-,30+/m1/s1. The Morgan fingerprint density at radius 2 is 1.50 bits per heavy atom. The number of esters is 1. The summed E-state index contributed by atoms with van der Waals surface area (Å²) in [5.74, 6) is 1.22. The zero-order valence-corrected chi connectivity index (χ0v) is 23.2. The van der Waals surface area contributed by atoms with Gasteiger partial charge in [0.2, 0.25) is 0 Å². The maximum absolute atomic E-state index is 12.4. The molecule has 0 spiro atoms. The fourth-order valence-electron chi connectivity index (χ4n) is 5.13. The van der Waals surface area contributed by atoms with Crippen molar-refractivity contribution >= 4 is 11.8 Å². The molecule has 1 aliphatic carbocycles. The highest BCUT2D eigenvalue weighted by molar-refractivity contribution is 5.89. The van der Waals surface area contributed by atoms with E-state index in [1.165, 1.54) is 22.3 Å². The summed E-state index contributed by atoms with van der Waals surface area (Å²) in [4.78, 5) is 24.5. The van der Waals surface area contributed by atoms with E-state index in [-0.39, 0.29) is 29.9 Å². The summed E-state index contributed by atoms with van der Waals surface area (Å²) >= 11 is 0. The molecule has 0 aliphatic heterocycles. The largest absolute Gasteiger partial charge is 0.462 e. The van der Waals surface area contributed by atoms with Crippen molar-refractivity contribution in [3.8, 4) is 0 Å². The van der Waals surface area contributed by atoms with E-state index in [1.807, 2.05) is 18.2 Å². The summed E-state index contributed by atoms with van der Waals surface area (Å²) < 4.78 is 12.0. The van der Waals surface area contributed by atoms with Gasteiger partial charge in [-0.3, -0.25) is 4.79 Å². The van der Waals surface area contributed by atoms with Crippen molar-refractivity contribution in [3.63, 3.8) is 0 Å². The second-order valence-corrected chi connectivity index (χ2v) is 11.2. The predicted molar refractivity (Wildman–Crippen MR) is 146 cm³/mol. The minimum atomic E-state index is -0.296. The molecule has 196 valence electrons. The highest BCUT2D eigenvalue weighted by Gasteiger charge is 2.41. The maximum atomic E-state index is 12.4. The van der Waals surface area contributed by atoms with Crippen LogP contribution in [-0.4, -0.2) is 24.5 Å². The molecule has 3 atom stereocenters. The smallest absolute Gasteiger partial charge is 0.338 e. The van der Waals surface area contributed by atoms with Crippen LogP contribution in [0.2, 0.25) is 0 Å². The Kier molecular flexibility index (Phi) is 9.90. The van der Waals surface area contributed by atoms with Crippen molar-refractivity contribution in [1.82, 2.24) is 0 Å². The Hall–Kier alpha value is -2.46. The molecule has 0 saturated heterocycles. The maximum Gasteiger partial charge on any atom is 0.338 e. The van der Waals surface area contributed by atoms with Crippen LogP contribution in [0.1, 0.15) is 131 Å². The SMILES string of the molecule is CC(C)c1cc(C(C)C)c([C@@H](C)O[C@H]2CC(=O)[C@H]2CCCCOC(=O)c2ccccc2)c(C(C)C)c1. The normalized spacial score (nSPS) is 18.6. The molecule has 36 heavy (non-hydrogen) atoms. The molecule has 0 heterocycles. The Balaban J connectivity index is 1.59. The number of hydrogen-bond donors (Lipinski definition) is 0. The van der Waals surface area contributed by atoms with Gasteiger partial charge in [0.25, 0.3) is 0 Å².